The maximum Gasteiger partial charge on any atom is 0.326 e. The molecular formula is C77H120N18O23S. The predicted octanol–water partition coefficient (Wildman–Crippen LogP) is -6.60. The minimum absolute atomic E-state index is 0.0816. The summed E-state index contributed by atoms with van der Waals surface area (Å²) < 4.78 is 0. The summed E-state index contributed by atoms with van der Waals surface area (Å²) in [5, 5.41) is 89.0. The maximum atomic E-state index is 14.6. The van der Waals surface area contributed by atoms with Crippen LogP contribution in [0.15, 0.2) is 54.6 Å². The zero-order chi connectivity index (χ0) is 89.8. The number of phenols is 1. The van der Waals surface area contributed by atoms with Gasteiger partial charge in [-0.15, -0.1) is 0 Å². The normalized spacial score (nSPS) is 16.3. The molecule has 662 valence electrons. The third kappa shape index (κ3) is 35.5. The SMILES string of the molecule is CC(C)C[C@H](NC(=O)[C@@H]1CCCN1C(=O)[C@H](Cc1ccc(O)cc1)NC(=O)[C@@H](NC(=O)[C@H](Cc1ccccc1)NC(=O)[C@H](CS)NC(=O)[C@H](CC(C)C)NC(=O)[C@H](CO)NC(=O)[C@@H](NC(=O)[C@H](C)NC(=O)CNC(=O)[C@H](C)NC(=O)[C@H](C)NC(=O)CNC(=O)CNC(=O)[C@H](CO)NC(=O)[C@H](C)NC(=O)[C@@H](N)CC(C)C)[C@@H](C)O)C(C)C)C(=O)O. The molecule has 41 nitrogen and oxygen atoms in total. The molecule has 3 rings (SSSR count). The number of hydrogen-bond donors (Lipinski definition) is 23. The first kappa shape index (κ1) is 102. The van der Waals surface area contributed by atoms with Gasteiger partial charge in [0.1, 0.15) is 90.3 Å². The van der Waals surface area contributed by atoms with E-state index in [1.54, 1.807) is 71.9 Å². The van der Waals surface area contributed by atoms with Crippen molar-refractivity contribution in [1.29, 1.82) is 0 Å². The van der Waals surface area contributed by atoms with E-state index in [0.717, 1.165) is 6.92 Å². The zero-order valence-electron chi connectivity index (χ0n) is 69.2. The standard InChI is InChI=1S/C77H120N18O23S/c1-37(2)26-49(78)67(107)85-44(12)65(105)90-54(34-96)68(108)81-31-58(100)79-32-59(101)82-42(10)64(104)84-41(9)63(103)80-33-60(102)83-43(11)66(106)94-62(45(13)98)75(115)91-55(35-97)71(111)86-50(27-38(3)4)69(109)92-56(36-119)72(112)87-51(29-46-18-15-14-16-19-46)70(110)93-61(40(7)8)74(114)88-52(30-47-21-23-48(99)24-22-47)76(116)95-25-17-20-57(95)73(113)89-53(77(117)118)28-39(5)6/h14-16,18-19,21-24,37-45,49-57,61-62,96-99,119H,17,20,25-36,78H2,1-13H3,(H,79,100)(H,80,103)(H,81,108)(H,82,101)(H,83,102)(H,84,104)(H,85,107)(H,86,111)(H,87,112)(H,88,114)(H,89,113)(H,90,105)(H,91,115)(H,92,109)(H,93,110)(H,94,106)(H,117,118)/t41-,42-,43-,44-,45+,49-,50-,51-,52-,53-,54-,55-,56-,57-,61-,62-/m0/s1. The van der Waals surface area contributed by atoms with Crippen molar-refractivity contribution in [2.24, 2.45) is 29.4 Å². The monoisotopic (exact) mass is 1700 g/mol. The number of aliphatic hydroxyl groups excluding tert-OH is 3. The number of benzene rings is 2. The number of amides is 17. The topological polar surface area (TPSA) is 630 Å². The highest BCUT2D eigenvalue weighted by Crippen LogP contribution is 2.22. The molecule has 0 aliphatic carbocycles. The summed E-state index contributed by atoms with van der Waals surface area (Å²) in [5.41, 5.74) is 6.88. The molecule has 0 spiro atoms. The van der Waals surface area contributed by atoms with E-state index in [4.69, 9.17) is 5.73 Å². The van der Waals surface area contributed by atoms with Crippen molar-refractivity contribution in [3.8, 4) is 5.75 Å². The van der Waals surface area contributed by atoms with E-state index in [1.807, 2.05) is 13.8 Å². The van der Waals surface area contributed by atoms with Crippen LogP contribution in [0, 0.1) is 23.7 Å². The van der Waals surface area contributed by atoms with Crippen LogP contribution in [0.25, 0.3) is 0 Å². The molecule has 17 amide bonds. The Balaban J connectivity index is 1.62. The van der Waals surface area contributed by atoms with Gasteiger partial charge in [0, 0.05) is 25.1 Å². The Morgan fingerprint density at radius 2 is 0.832 bits per heavy atom. The summed E-state index contributed by atoms with van der Waals surface area (Å²) in [6.45, 7) is 15.8. The molecule has 1 aliphatic rings. The van der Waals surface area contributed by atoms with Crippen LogP contribution in [0.1, 0.15) is 133 Å². The van der Waals surface area contributed by atoms with Crippen molar-refractivity contribution in [3.05, 3.63) is 65.7 Å². The number of phenolic OH excluding ortho intramolecular Hbond substituents is 1. The summed E-state index contributed by atoms with van der Waals surface area (Å²) in [6, 6.07) is -6.80. The Hall–Kier alpha value is -11.1. The fourth-order valence-electron chi connectivity index (χ4n) is 12.0. The van der Waals surface area contributed by atoms with Crippen LogP contribution in [-0.4, -0.2) is 279 Å². The Labute approximate surface area is 695 Å². The van der Waals surface area contributed by atoms with Crippen molar-refractivity contribution in [3.63, 3.8) is 0 Å². The number of carboxylic acids is 1. The van der Waals surface area contributed by atoms with E-state index in [2.05, 4.69) is 97.7 Å². The number of rotatable bonds is 49. The van der Waals surface area contributed by atoms with Crippen LogP contribution in [0.2, 0.25) is 0 Å². The van der Waals surface area contributed by atoms with Crippen molar-refractivity contribution in [1.82, 2.24) is 90.0 Å². The molecule has 0 aromatic heterocycles. The van der Waals surface area contributed by atoms with E-state index in [9.17, 15) is 112 Å². The summed E-state index contributed by atoms with van der Waals surface area (Å²) in [6.07, 6.45) is -1.11. The second kappa shape index (κ2) is 50.6. The lowest BCUT2D eigenvalue weighted by molar-refractivity contribution is -0.145. The number of likely N-dealkylation sites (tertiary alicyclic amines) is 1. The van der Waals surface area contributed by atoms with Gasteiger partial charge >= 0.3 is 5.97 Å². The number of carboxylic acid groups (broad SMARTS) is 1. The van der Waals surface area contributed by atoms with E-state index in [0.29, 0.717) is 24.0 Å². The quantitative estimate of drug-likeness (QED) is 0.0274. The number of nitrogens with two attached hydrogens (primary N) is 1. The summed E-state index contributed by atoms with van der Waals surface area (Å²) in [4.78, 5) is 242. The lowest BCUT2D eigenvalue weighted by Gasteiger charge is -2.31. The van der Waals surface area contributed by atoms with Crippen molar-refractivity contribution in [2.75, 3.05) is 45.1 Å². The molecule has 42 heteroatoms. The average Bonchev–Trinajstić information content (AvgIpc) is 1.73. The van der Waals surface area contributed by atoms with Crippen LogP contribution in [-0.2, 0) is 99.1 Å². The van der Waals surface area contributed by atoms with Crippen LogP contribution >= 0.6 is 12.6 Å². The van der Waals surface area contributed by atoms with Gasteiger partial charge in [0.05, 0.1) is 45.0 Å². The molecule has 1 aliphatic heterocycles. The average molecular weight is 1700 g/mol. The molecule has 1 heterocycles. The molecule has 16 atom stereocenters. The number of nitrogens with zero attached hydrogens (tertiary/aromatic N) is 1. The zero-order valence-corrected chi connectivity index (χ0v) is 70.1. The Morgan fingerprint density at radius 1 is 0.420 bits per heavy atom. The summed E-state index contributed by atoms with van der Waals surface area (Å²) in [5.74, 6) is -18.2. The van der Waals surface area contributed by atoms with Gasteiger partial charge in [-0.1, -0.05) is 97.9 Å². The van der Waals surface area contributed by atoms with Gasteiger partial charge < -0.3 is 121 Å². The predicted molar refractivity (Wildman–Crippen MR) is 432 cm³/mol. The first-order valence-corrected chi connectivity index (χ1v) is 39.8. The number of aliphatic hydroxyl groups is 3. The van der Waals surface area contributed by atoms with Crippen molar-refractivity contribution < 1.29 is 112 Å². The van der Waals surface area contributed by atoms with Gasteiger partial charge in [0.25, 0.3) is 0 Å². The molecule has 0 bridgehead atoms. The van der Waals surface area contributed by atoms with Gasteiger partial charge in [-0.25, -0.2) is 4.79 Å². The fraction of sp³-hybridized carbons (Fsp3) is 0.610. The number of hydrogen-bond acceptors (Lipinski definition) is 24. The van der Waals surface area contributed by atoms with Crippen molar-refractivity contribution >= 4 is 119 Å². The first-order valence-electron chi connectivity index (χ1n) is 39.2. The molecule has 2 aromatic carbocycles. The van der Waals surface area contributed by atoms with Crippen LogP contribution in [0.5, 0.6) is 5.75 Å². The minimum Gasteiger partial charge on any atom is -0.508 e. The summed E-state index contributed by atoms with van der Waals surface area (Å²) in [7, 11) is 0. The highest BCUT2D eigenvalue weighted by molar-refractivity contribution is 7.80. The number of carbonyl (C=O) groups is 18. The van der Waals surface area contributed by atoms with E-state index >= 15 is 0 Å². The highest BCUT2D eigenvalue weighted by Gasteiger charge is 2.42. The number of thiol groups is 1. The van der Waals surface area contributed by atoms with E-state index in [1.165, 1.54) is 56.9 Å². The second-order valence-corrected chi connectivity index (χ2v) is 31.1. The molecule has 1 saturated heterocycles. The van der Waals surface area contributed by atoms with Crippen LogP contribution < -0.4 is 90.8 Å². The van der Waals surface area contributed by atoms with Crippen molar-refractivity contribution in [2.45, 2.75) is 232 Å². The molecule has 2 aromatic rings. The van der Waals surface area contributed by atoms with Gasteiger partial charge in [0.2, 0.25) is 100 Å². The number of nitrogens with one attached hydrogen (secondary N) is 16. The van der Waals surface area contributed by atoms with Gasteiger partial charge in [0.15, 0.2) is 0 Å². The smallest absolute Gasteiger partial charge is 0.326 e. The second-order valence-electron chi connectivity index (χ2n) is 30.8. The number of carbonyl (C=O) groups excluding carboxylic acids is 17. The molecule has 23 N–H and O–H groups in total. The number of aliphatic carboxylic acids is 1. The van der Waals surface area contributed by atoms with Gasteiger partial charge in [-0.3, -0.25) is 81.5 Å². The maximum absolute atomic E-state index is 14.6. The minimum atomic E-state index is -1.86. The highest BCUT2D eigenvalue weighted by atomic mass is 32.1. The molecule has 0 unspecified atom stereocenters. The molecular weight excluding hydrogens is 1580 g/mol. The number of aromatic hydroxyl groups is 1. The van der Waals surface area contributed by atoms with Crippen LogP contribution in [0.3, 0.4) is 0 Å². The molecule has 0 saturated carbocycles. The summed E-state index contributed by atoms with van der Waals surface area (Å²) >= 11 is 4.32. The molecule has 1 fully saturated rings. The van der Waals surface area contributed by atoms with Gasteiger partial charge in [-0.2, -0.15) is 12.6 Å². The Morgan fingerprint density at radius 3 is 1.38 bits per heavy atom. The van der Waals surface area contributed by atoms with E-state index in [-0.39, 0.29) is 62.2 Å². The fourth-order valence-corrected chi connectivity index (χ4v) is 12.2. The Bertz CT molecular complexity index is 3840. The van der Waals surface area contributed by atoms with Gasteiger partial charge in [-0.05, 0) is 114 Å². The molecule has 119 heavy (non-hydrogen) atoms. The molecule has 0 radical (unpaired) electrons. The third-order valence-electron chi connectivity index (χ3n) is 18.6. The largest absolute Gasteiger partial charge is 0.508 e. The Kier molecular flexibility index (Phi) is 43.4. The first-order chi connectivity index (χ1) is 55.8. The lowest BCUT2D eigenvalue weighted by atomic mass is 9.99. The third-order valence-corrected chi connectivity index (χ3v) is 18.9. The van der Waals surface area contributed by atoms with E-state index < -0.39 is 248 Å². The van der Waals surface area contributed by atoms with Crippen LogP contribution in [0.4, 0.5) is 0 Å². The lowest BCUT2D eigenvalue weighted by Crippen LogP contribution is -2.62.